The molecule has 1 aromatic heterocycles. The standard InChI is InChI=1S/C17H22N2O5/c1-6-23-17(21)15-11(3)14(19-12(15)4)7-13(8-18)16(20)24-10(2)9-22-5/h7,10,19H,6,9H2,1-5H3/b13-7+/t10-/m0/s1. The zero-order valence-corrected chi connectivity index (χ0v) is 14.6. The third-order valence-electron chi connectivity index (χ3n) is 3.29. The molecule has 0 saturated heterocycles. The highest BCUT2D eigenvalue weighted by atomic mass is 16.6. The van der Waals surface area contributed by atoms with Gasteiger partial charge in [0.15, 0.2) is 0 Å². The quantitative estimate of drug-likeness (QED) is 0.466. The summed E-state index contributed by atoms with van der Waals surface area (Å²) in [6, 6.07) is 1.82. The minimum atomic E-state index is -0.744. The van der Waals surface area contributed by atoms with Crippen molar-refractivity contribution in [1.82, 2.24) is 4.98 Å². The first-order valence-electron chi connectivity index (χ1n) is 7.53. The smallest absolute Gasteiger partial charge is 0.349 e. The van der Waals surface area contributed by atoms with Crippen molar-refractivity contribution in [3.05, 3.63) is 28.1 Å². The van der Waals surface area contributed by atoms with Gasteiger partial charge in [-0.25, -0.2) is 9.59 Å². The highest BCUT2D eigenvalue weighted by Gasteiger charge is 2.20. The molecule has 0 aliphatic heterocycles. The van der Waals surface area contributed by atoms with Crippen molar-refractivity contribution in [3.8, 4) is 6.07 Å². The number of carbonyl (C=O) groups is 2. The number of ether oxygens (including phenoxy) is 3. The first-order valence-corrected chi connectivity index (χ1v) is 7.53. The minimum absolute atomic E-state index is 0.169. The summed E-state index contributed by atoms with van der Waals surface area (Å²) in [6.07, 6.45) is 0.897. The predicted molar refractivity (Wildman–Crippen MR) is 87.2 cm³/mol. The molecule has 0 fully saturated rings. The van der Waals surface area contributed by atoms with Gasteiger partial charge in [0.25, 0.3) is 0 Å². The van der Waals surface area contributed by atoms with Crippen molar-refractivity contribution in [3.63, 3.8) is 0 Å². The van der Waals surface area contributed by atoms with Gasteiger partial charge < -0.3 is 19.2 Å². The third kappa shape index (κ3) is 4.70. The molecule has 0 unspecified atom stereocenters. The largest absolute Gasteiger partial charge is 0.462 e. The van der Waals surface area contributed by atoms with Gasteiger partial charge in [0.1, 0.15) is 17.7 Å². The summed E-state index contributed by atoms with van der Waals surface area (Å²) in [5, 5.41) is 9.21. The molecule has 130 valence electrons. The highest BCUT2D eigenvalue weighted by Crippen LogP contribution is 2.21. The molecule has 1 N–H and O–H groups in total. The van der Waals surface area contributed by atoms with E-state index in [4.69, 9.17) is 14.2 Å². The Balaban J connectivity index is 3.10. The van der Waals surface area contributed by atoms with Gasteiger partial charge in [0.2, 0.25) is 0 Å². The molecule has 0 bridgehead atoms. The van der Waals surface area contributed by atoms with Crippen molar-refractivity contribution in [2.75, 3.05) is 20.3 Å². The summed E-state index contributed by atoms with van der Waals surface area (Å²) < 4.78 is 15.0. The summed E-state index contributed by atoms with van der Waals surface area (Å²) in [4.78, 5) is 27.0. The Morgan fingerprint density at radius 1 is 1.38 bits per heavy atom. The number of methoxy groups -OCH3 is 1. The van der Waals surface area contributed by atoms with Gasteiger partial charge in [0, 0.05) is 18.5 Å². The lowest BCUT2D eigenvalue weighted by Gasteiger charge is -2.11. The number of esters is 2. The van der Waals surface area contributed by atoms with E-state index in [1.165, 1.54) is 13.2 Å². The number of H-pyrrole nitrogens is 1. The number of aromatic amines is 1. The number of rotatable bonds is 7. The van der Waals surface area contributed by atoms with Crippen LogP contribution in [0.25, 0.3) is 6.08 Å². The van der Waals surface area contributed by atoms with Crippen molar-refractivity contribution in [2.24, 2.45) is 0 Å². The Bertz CT molecular complexity index is 682. The summed E-state index contributed by atoms with van der Waals surface area (Å²) >= 11 is 0. The molecule has 0 spiro atoms. The number of hydrogen-bond acceptors (Lipinski definition) is 6. The molecular formula is C17H22N2O5. The molecule has 1 atom stereocenters. The first kappa shape index (κ1) is 19.5. The Morgan fingerprint density at radius 3 is 2.58 bits per heavy atom. The van der Waals surface area contributed by atoms with Crippen LogP contribution in [0.5, 0.6) is 0 Å². The second-order valence-corrected chi connectivity index (χ2v) is 5.23. The molecular weight excluding hydrogens is 312 g/mol. The fraction of sp³-hybridized carbons (Fsp3) is 0.471. The normalized spacial score (nSPS) is 12.4. The fourth-order valence-electron chi connectivity index (χ4n) is 2.22. The Labute approximate surface area is 141 Å². The summed E-state index contributed by atoms with van der Waals surface area (Å²) in [5.74, 6) is -1.19. The van der Waals surface area contributed by atoms with Crippen LogP contribution in [0, 0.1) is 25.2 Å². The number of aromatic nitrogens is 1. The lowest BCUT2D eigenvalue weighted by Crippen LogP contribution is -2.20. The van der Waals surface area contributed by atoms with E-state index in [9.17, 15) is 14.9 Å². The number of nitrogens with zero attached hydrogens (tertiary/aromatic N) is 1. The Hall–Kier alpha value is -2.59. The monoisotopic (exact) mass is 334 g/mol. The number of hydrogen-bond donors (Lipinski definition) is 1. The molecule has 1 aromatic rings. The summed E-state index contributed by atoms with van der Waals surface area (Å²) in [5.41, 5.74) is 1.94. The minimum Gasteiger partial charge on any atom is -0.462 e. The third-order valence-corrected chi connectivity index (χ3v) is 3.29. The van der Waals surface area contributed by atoms with Crippen LogP contribution in [0.3, 0.4) is 0 Å². The van der Waals surface area contributed by atoms with Crippen LogP contribution in [0.4, 0.5) is 0 Å². The average molecular weight is 334 g/mol. The second kappa shape index (κ2) is 8.89. The summed E-state index contributed by atoms with van der Waals surface area (Å²) in [7, 11) is 1.49. The van der Waals surface area contributed by atoms with Gasteiger partial charge >= 0.3 is 11.9 Å². The first-order chi connectivity index (χ1) is 11.3. The van der Waals surface area contributed by atoms with Gasteiger partial charge in [-0.3, -0.25) is 0 Å². The molecule has 1 heterocycles. The molecule has 7 heteroatoms. The SMILES string of the molecule is CCOC(=O)c1c(C)[nH]c(/C=C(\C#N)C(=O)O[C@@H](C)COC)c1C. The molecule has 0 radical (unpaired) electrons. The zero-order valence-electron chi connectivity index (χ0n) is 14.6. The molecule has 0 aliphatic carbocycles. The molecule has 0 aromatic carbocycles. The van der Waals surface area contributed by atoms with Crippen LogP contribution < -0.4 is 0 Å². The van der Waals surface area contributed by atoms with E-state index < -0.39 is 18.0 Å². The predicted octanol–water partition coefficient (Wildman–Crippen LogP) is 2.29. The van der Waals surface area contributed by atoms with Gasteiger partial charge in [0.05, 0.1) is 18.8 Å². The fourth-order valence-corrected chi connectivity index (χ4v) is 2.22. The number of nitrogens with one attached hydrogen (secondary N) is 1. The lowest BCUT2D eigenvalue weighted by molar-refractivity contribution is -0.145. The van der Waals surface area contributed by atoms with E-state index >= 15 is 0 Å². The van der Waals surface area contributed by atoms with Crippen LogP contribution in [0.15, 0.2) is 5.57 Å². The van der Waals surface area contributed by atoms with Gasteiger partial charge in [-0.05, 0) is 39.3 Å². The molecule has 1 rings (SSSR count). The van der Waals surface area contributed by atoms with Crippen LogP contribution in [0.1, 0.15) is 41.2 Å². The molecule has 7 nitrogen and oxygen atoms in total. The van der Waals surface area contributed by atoms with E-state index in [1.807, 2.05) is 6.07 Å². The Morgan fingerprint density at radius 2 is 2.04 bits per heavy atom. The van der Waals surface area contributed by atoms with Gasteiger partial charge in [-0.15, -0.1) is 0 Å². The van der Waals surface area contributed by atoms with Crippen molar-refractivity contribution in [2.45, 2.75) is 33.8 Å². The van der Waals surface area contributed by atoms with Crippen LogP contribution >= 0.6 is 0 Å². The topological polar surface area (TPSA) is 101 Å². The maximum Gasteiger partial charge on any atom is 0.349 e. The molecule has 24 heavy (non-hydrogen) atoms. The van der Waals surface area contributed by atoms with E-state index in [2.05, 4.69) is 4.98 Å². The average Bonchev–Trinajstić information content (AvgIpc) is 2.79. The molecule has 0 amide bonds. The van der Waals surface area contributed by atoms with E-state index in [-0.39, 0.29) is 18.8 Å². The lowest BCUT2D eigenvalue weighted by atomic mass is 10.1. The summed E-state index contributed by atoms with van der Waals surface area (Å²) in [6.45, 7) is 7.33. The van der Waals surface area contributed by atoms with Gasteiger partial charge in [-0.1, -0.05) is 0 Å². The zero-order chi connectivity index (χ0) is 18.3. The van der Waals surface area contributed by atoms with Crippen LogP contribution in [-0.2, 0) is 19.0 Å². The maximum atomic E-state index is 12.0. The van der Waals surface area contributed by atoms with Crippen molar-refractivity contribution >= 4 is 18.0 Å². The second-order valence-electron chi connectivity index (χ2n) is 5.23. The molecule has 0 saturated carbocycles. The van der Waals surface area contributed by atoms with Crippen LogP contribution in [-0.4, -0.2) is 43.4 Å². The van der Waals surface area contributed by atoms with Crippen molar-refractivity contribution < 1.29 is 23.8 Å². The van der Waals surface area contributed by atoms with E-state index in [0.29, 0.717) is 22.5 Å². The Kier molecular flexibility index (Phi) is 7.21. The van der Waals surface area contributed by atoms with Crippen LogP contribution in [0.2, 0.25) is 0 Å². The van der Waals surface area contributed by atoms with E-state index in [0.717, 1.165) is 0 Å². The van der Waals surface area contributed by atoms with Crippen molar-refractivity contribution in [1.29, 1.82) is 5.26 Å². The number of carbonyl (C=O) groups excluding carboxylic acids is 2. The highest BCUT2D eigenvalue weighted by molar-refractivity contribution is 5.99. The van der Waals surface area contributed by atoms with E-state index in [1.54, 1.807) is 27.7 Å². The molecule has 0 aliphatic rings. The number of aryl methyl sites for hydroxylation is 1. The number of nitriles is 1. The van der Waals surface area contributed by atoms with Gasteiger partial charge in [-0.2, -0.15) is 5.26 Å². The maximum absolute atomic E-state index is 12.0.